The van der Waals surface area contributed by atoms with Crippen molar-refractivity contribution in [3.63, 3.8) is 0 Å². The Balaban J connectivity index is 2.12. The molecule has 0 saturated heterocycles. The highest BCUT2D eigenvalue weighted by atomic mass is 16.5. The minimum atomic E-state index is 0.0305. The van der Waals surface area contributed by atoms with Crippen LogP contribution in [-0.2, 0) is 4.79 Å². The van der Waals surface area contributed by atoms with Crippen LogP contribution in [0.15, 0.2) is 42.5 Å². The normalized spacial score (nSPS) is 14.9. The van der Waals surface area contributed by atoms with Crippen molar-refractivity contribution in [3.05, 3.63) is 53.6 Å². The topological polar surface area (TPSA) is 38.8 Å². The van der Waals surface area contributed by atoms with Crippen LogP contribution in [0.4, 0.5) is 5.69 Å². The second kappa shape index (κ2) is 6.79. The van der Waals surface area contributed by atoms with Crippen LogP contribution >= 0.6 is 0 Å². The summed E-state index contributed by atoms with van der Waals surface area (Å²) in [6, 6.07) is 13.5. The third-order valence-electron chi connectivity index (χ3n) is 4.14. The molecule has 2 aromatic carbocycles. The fraction of sp³-hybridized carbons (Fsp3) is 0.250. The summed E-state index contributed by atoms with van der Waals surface area (Å²) >= 11 is 0. The first-order valence-corrected chi connectivity index (χ1v) is 8.04. The van der Waals surface area contributed by atoms with E-state index in [1.165, 1.54) is 0 Å². The molecule has 0 atom stereocenters. The minimum absolute atomic E-state index is 0.0305. The number of rotatable bonds is 5. The van der Waals surface area contributed by atoms with Gasteiger partial charge in [0.15, 0.2) is 0 Å². The molecule has 1 amide bonds. The number of carbonyl (C=O) groups is 1. The molecule has 0 saturated carbocycles. The number of methoxy groups -OCH3 is 2. The van der Waals surface area contributed by atoms with Gasteiger partial charge in [0.2, 0.25) is 0 Å². The standard InChI is InChI=1S/C20H21NO3/c1-4-11-21-18-8-6-5-7-16(18)17(20(21)22)13-14-12-15(23-2)9-10-19(14)24-3/h5-10,12-13H,4,11H2,1-3H3/b17-13-. The van der Waals surface area contributed by atoms with Gasteiger partial charge in [-0.1, -0.05) is 25.1 Å². The molecule has 0 bridgehead atoms. The SMILES string of the molecule is CCCN1C(=O)/C(=C\c2cc(OC)ccc2OC)c2ccccc21. The maximum Gasteiger partial charge on any atom is 0.258 e. The Morgan fingerprint density at radius 1 is 1.08 bits per heavy atom. The van der Waals surface area contributed by atoms with E-state index in [0.717, 1.165) is 29.0 Å². The molecule has 0 spiro atoms. The Hall–Kier alpha value is -2.75. The smallest absolute Gasteiger partial charge is 0.258 e. The maximum atomic E-state index is 12.9. The molecule has 3 rings (SSSR count). The summed E-state index contributed by atoms with van der Waals surface area (Å²) < 4.78 is 10.7. The van der Waals surface area contributed by atoms with Crippen LogP contribution in [0, 0.1) is 0 Å². The average molecular weight is 323 g/mol. The summed E-state index contributed by atoms with van der Waals surface area (Å²) in [4.78, 5) is 14.7. The van der Waals surface area contributed by atoms with Gasteiger partial charge in [0.05, 0.1) is 19.9 Å². The fourth-order valence-corrected chi connectivity index (χ4v) is 3.00. The van der Waals surface area contributed by atoms with Crippen molar-refractivity contribution in [1.29, 1.82) is 0 Å². The van der Waals surface area contributed by atoms with E-state index < -0.39 is 0 Å². The molecular weight excluding hydrogens is 302 g/mol. The van der Waals surface area contributed by atoms with Crippen LogP contribution in [0.25, 0.3) is 11.6 Å². The van der Waals surface area contributed by atoms with Gasteiger partial charge in [-0.3, -0.25) is 4.79 Å². The van der Waals surface area contributed by atoms with E-state index in [9.17, 15) is 4.79 Å². The van der Waals surface area contributed by atoms with Crippen LogP contribution in [0.1, 0.15) is 24.5 Å². The van der Waals surface area contributed by atoms with Crippen LogP contribution < -0.4 is 14.4 Å². The van der Waals surface area contributed by atoms with Crippen molar-refractivity contribution in [2.24, 2.45) is 0 Å². The number of amides is 1. The molecule has 4 nitrogen and oxygen atoms in total. The van der Waals surface area contributed by atoms with E-state index in [1.807, 2.05) is 53.4 Å². The molecule has 2 aromatic rings. The molecule has 0 N–H and O–H groups in total. The van der Waals surface area contributed by atoms with Crippen LogP contribution in [0.5, 0.6) is 11.5 Å². The van der Waals surface area contributed by atoms with Crippen molar-refractivity contribution in [2.45, 2.75) is 13.3 Å². The summed E-state index contributed by atoms with van der Waals surface area (Å²) in [5, 5.41) is 0. The molecule has 1 aliphatic heterocycles. The highest BCUT2D eigenvalue weighted by Crippen LogP contribution is 2.39. The van der Waals surface area contributed by atoms with Gasteiger partial charge in [-0.2, -0.15) is 0 Å². The molecule has 4 heteroatoms. The van der Waals surface area contributed by atoms with E-state index in [4.69, 9.17) is 9.47 Å². The summed E-state index contributed by atoms with van der Waals surface area (Å²) in [6.07, 6.45) is 2.80. The van der Waals surface area contributed by atoms with Crippen molar-refractivity contribution in [1.82, 2.24) is 0 Å². The summed E-state index contributed by atoms with van der Waals surface area (Å²) in [7, 11) is 3.25. The first-order chi connectivity index (χ1) is 11.7. The van der Waals surface area contributed by atoms with Gasteiger partial charge in [0, 0.05) is 23.2 Å². The average Bonchev–Trinajstić information content (AvgIpc) is 2.88. The van der Waals surface area contributed by atoms with E-state index in [1.54, 1.807) is 14.2 Å². The van der Waals surface area contributed by atoms with Gasteiger partial charge in [0.25, 0.3) is 5.91 Å². The van der Waals surface area contributed by atoms with E-state index >= 15 is 0 Å². The van der Waals surface area contributed by atoms with Gasteiger partial charge in [-0.15, -0.1) is 0 Å². The van der Waals surface area contributed by atoms with Gasteiger partial charge >= 0.3 is 0 Å². The number of para-hydroxylation sites is 1. The molecular formula is C20H21NO3. The molecule has 0 aromatic heterocycles. The number of hydrogen-bond acceptors (Lipinski definition) is 3. The molecule has 24 heavy (non-hydrogen) atoms. The zero-order chi connectivity index (χ0) is 17.1. The molecule has 124 valence electrons. The van der Waals surface area contributed by atoms with Gasteiger partial charge in [-0.05, 0) is 36.8 Å². The predicted molar refractivity (Wildman–Crippen MR) is 96.5 cm³/mol. The van der Waals surface area contributed by atoms with E-state index in [2.05, 4.69) is 6.92 Å². The Morgan fingerprint density at radius 3 is 2.58 bits per heavy atom. The summed E-state index contributed by atoms with van der Waals surface area (Å²) in [5.41, 5.74) is 3.44. The van der Waals surface area contributed by atoms with Crippen LogP contribution in [-0.4, -0.2) is 26.7 Å². The quantitative estimate of drug-likeness (QED) is 0.781. The fourth-order valence-electron chi connectivity index (χ4n) is 3.00. The lowest BCUT2D eigenvalue weighted by Crippen LogP contribution is -2.26. The lowest BCUT2D eigenvalue weighted by Gasteiger charge is -2.15. The van der Waals surface area contributed by atoms with Crippen molar-refractivity contribution in [2.75, 3.05) is 25.7 Å². The summed E-state index contributed by atoms with van der Waals surface area (Å²) in [5.74, 6) is 1.47. The van der Waals surface area contributed by atoms with E-state index in [0.29, 0.717) is 17.9 Å². The monoisotopic (exact) mass is 323 g/mol. The Kier molecular flexibility index (Phi) is 4.56. The number of carbonyl (C=O) groups excluding carboxylic acids is 1. The second-order valence-corrected chi connectivity index (χ2v) is 5.64. The number of ether oxygens (including phenoxy) is 2. The Labute approximate surface area is 142 Å². The third-order valence-corrected chi connectivity index (χ3v) is 4.14. The second-order valence-electron chi connectivity index (χ2n) is 5.64. The van der Waals surface area contributed by atoms with Crippen molar-refractivity contribution in [3.8, 4) is 11.5 Å². The summed E-state index contributed by atoms with van der Waals surface area (Å²) in [6.45, 7) is 2.78. The largest absolute Gasteiger partial charge is 0.497 e. The van der Waals surface area contributed by atoms with Gasteiger partial charge in [-0.25, -0.2) is 0 Å². The minimum Gasteiger partial charge on any atom is -0.497 e. The number of fused-ring (bicyclic) bond motifs is 1. The molecule has 0 radical (unpaired) electrons. The maximum absolute atomic E-state index is 12.9. The zero-order valence-electron chi connectivity index (χ0n) is 14.2. The van der Waals surface area contributed by atoms with Crippen LogP contribution in [0.3, 0.4) is 0 Å². The number of benzene rings is 2. The highest BCUT2D eigenvalue weighted by Gasteiger charge is 2.31. The van der Waals surface area contributed by atoms with E-state index in [-0.39, 0.29) is 5.91 Å². The predicted octanol–water partition coefficient (Wildman–Crippen LogP) is 4.00. The van der Waals surface area contributed by atoms with Gasteiger partial charge in [0.1, 0.15) is 11.5 Å². The highest BCUT2D eigenvalue weighted by molar-refractivity contribution is 6.35. The first-order valence-electron chi connectivity index (χ1n) is 8.04. The number of hydrogen-bond donors (Lipinski definition) is 0. The molecule has 1 aliphatic rings. The lowest BCUT2D eigenvalue weighted by atomic mass is 10.0. The van der Waals surface area contributed by atoms with Crippen molar-refractivity contribution >= 4 is 23.2 Å². The third kappa shape index (κ3) is 2.75. The zero-order valence-corrected chi connectivity index (χ0v) is 14.2. The van der Waals surface area contributed by atoms with Gasteiger partial charge < -0.3 is 14.4 Å². The molecule has 0 aliphatic carbocycles. The molecule has 0 unspecified atom stereocenters. The first kappa shape index (κ1) is 16.1. The Morgan fingerprint density at radius 2 is 1.88 bits per heavy atom. The lowest BCUT2D eigenvalue weighted by molar-refractivity contribution is -0.113. The van der Waals surface area contributed by atoms with Crippen LogP contribution in [0.2, 0.25) is 0 Å². The Bertz CT molecular complexity index is 795. The van der Waals surface area contributed by atoms with Crippen molar-refractivity contribution < 1.29 is 14.3 Å². The number of anilines is 1. The molecule has 1 heterocycles. The number of nitrogens with zero attached hydrogens (tertiary/aromatic N) is 1. The molecule has 0 fully saturated rings.